The molecule has 0 bridgehead atoms. The van der Waals surface area contributed by atoms with Crippen LogP contribution < -0.4 is 10.6 Å². The van der Waals surface area contributed by atoms with Gasteiger partial charge in [-0.2, -0.15) is 9.84 Å². The average molecular weight is 1210 g/mol. The minimum absolute atomic E-state index is 0.0808. The van der Waals surface area contributed by atoms with Gasteiger partial charge in [0.1, 0.15) is 6.10 Å². The van der Waals surface area contributed by atoms with Crippen LogP contribution in [-0.4, -0.2) is 90.6 Å². The van der Waals surface area contributed by atoms with Crippen LogP contribution >= 0.6 is 43.6 Å². The molecule has 1 aromatic carbocycles. The van der Waals surface area contributed by atoms with Crippen LogP contribution in [0, 0.1) is 0 Å². The molecule has 2 amide bonds. The van der Waals surface area contributed by atoms with Crippen molar-refractivity contribution in [3.05, 3.63) is 48.0 Å². The Bertz CT molecular complexity index is 1490. The summed E-state index contributed by atoms with van der Waals surface area (Å²) in [5.74, 6) is 0.192. The minimum Gasteiger partial charge on any atom is -0.387 e. The summed E-state index contributed by atoms with van der Waals surface area (Å²) in [6.45, 7) is 12.7. The molecular weight excluding hydrogens is 1080 g/mol. The van der Waals surface area contributed by atoms with E-state index in [1.807, 2.05) is 36.4 Å². The summed E-state index contributed by atoms with van der Waals surface area (Å²) in [4.78, 5) is 30.1. The molecular formula is C67H133N4O4P5. The Kier molecular flexibility index (Phi) is 59.0. The lowest BCUT2D eigenvalue weighted by molar-refractivity contribution is -0.123. The van der Waals surface area contributed by atoms with E-state index in [2.05, 4.69) is 74.1 Å². The molecule has 2 fully saturated rings. The number of allylic oxidation sites excluding steroid dienone is 1. The fraction of sp³-hybridized carbons (Fsp3) is 0.851. The van der Waals surface area contributed by atoms with Crippen LogP contribution in [0.1, 0.15) is 315 Å². The van der Waals surface area contributed by atoms with Gasteiger partial charge in [-0.25, -0.2) is 0 Å². The number of unbranched alkanes of at least 4 members (excludes halogenated alkanes) is 35. The first-order valence-corrected chi connectivity index (χ1v) is 40.0. The highest BCUT2D eigenvalue weighted by Crippen LogP contribution is 2.59. The van der Waals surface area contributed by atoms with Gasteiger partial charge in [0.05, 0.1) is 19.5 Å². The van der Waals surface area contributed by atoms with Gasteiger partial charge in [-0.15, -0.1) is 26.8 Å². The number of hydrogen-bond donors (Lipinski definition) is 4. The van der Waals surface area contributed by atoms with Gasteiger partial charge in [0.15, 0.2) is 0 Å². The predicted octanol–water partition coefficient (Wildman–Crippen LogP) is 19.3. The number of hydrogen-bond acceptors (Lipinski definition) is 6. The Morgan fingerprint density at radius 3 is 1.12 bits per heavy atom. The van der Waals surface area contributed by atoms with Crippen LogP contribution in [0.2, 0.25) is 0 Å². The van der Waals surface area contributed by atoms with Crippen molar-refractivity contribution in [1.82, 2.24) is 20.4 Å². The zero-order valence-corrected chi connectivity index (χ0v) is 58.1. The first-order valence-electron chi connectivity index (χ1n) is 34.3. The van der Waals surface area contributed by atoms with Crippen molar-refractivity contribution in [2.45, 2.75) is 328 Å². The normalized spacial score (nSPS) is 15.3. The van der Waals surface area contributed by atoms with Crippen molar-refractivity contribution >= 4 is 55.4 Å². The molecule has 0 saturated carbocycles. The first kappa shape index (κ1) is 77.9. The lowest BCUT2D eigenvalue weighted by Crippen LogP contribution is -2.49. The van der Waals surface area contributed by atoms with Gasteiger partial charge in [0.25, 0.3) is 0 Å². The smallest absolute Gasteiger partial charge is 0.220 e. The molecule has 0 aromatic heterocycles. The summed E-state index contributed by atoms with van der Waals surface area (Å²) in [5.41, 5.74) is 0.878. The third kappa shape index (κ3) is 51.1. The van der Waals surface area contributed by atoms with Crippen molar-refractivity contribution in [2.75, 3.05) is 39.3 Å². The Morgan fingerprint density at radius 2 is 0.787 bits per heavy atom. The lowest BCUT2D eigenvalue weighted by atomic mass is 10.0. The van der Waals surface area contributed by atoms with E-state index in [0.717, 1.165) is 76.9 Å². The van der Waals surface area contributed by atoms with Crippen molar-refractivity contribution in [3.8, 4) is 0 Å². The van der Waals surface area contributed by atoms with Gasteiger partial charge < -0.3 is 30.6 Å². The first-order chi connectivity index (χ1) is 39.6. The molecule has 8 unspecified atom stereocenters. The summed E-state index contributed by atoms with van der Waals surface area (Å²) >= 11 is 0. The second-order valence-electron chi connectivity index (χ2n) is 23.9. The number of aliphatic hydroxyl groups is 2. The number of nitrogens with one attached hydrogen (secondary N) is 2. The zero-order chi connectivity index (χ0) is 59.5. The molecule has 8 nitrogen and oxygen atoms in total. The highest BCUT2D eigenvalue weighted by molar-refractivity contribution is 8.65. The number of carbonyl (C=O) groups is 2. The van der Waals surface area contributed by atoms with Gasteiger partial charge >= 0.3 is 0 Å². The Labute approximate surface area is 509 Å². The molecule has 8 atom stereocenters. The largest absolute Gasteiger partial charge is 0.387 e. The summed E-state index contributed by atoms with van der Waals surface area (Å²) < 4.78 is 5.67. The van der Waals surface area contributed by atoms with Gasteiger partial charge in [0, 0.05) is 25.9 Å². The SMILES string of the molecule is CCCCCCCCCCCCC/C=C/C(O)C(CN1CCCC1)NC(=O)CCCCCCCCCCCCCCC.CCCCCCCCCCCCCCCC(=O)NC(CN1CCCC1)C(O)c1ccccc1.PP(P)P.[2H]P. The fourth-order valence-corrected chi connectivity index (χ4v) is 11.3. The average Bonchev–Trinajstić information content (AvgIpc) is 4.20. The van der Waals surface area contributed by atoms with Crippen molar-refractivity contribution in [3.63, 3.8) is 0 Å². The second-order valence-corrected chi connectivity index (χ2v) is 35.5. The maximum absolute atomic E-state index is 12.8. The molecule has 2 saturated heterocycles. The molecule has 2 aliphatic heterocycles. The molecule has 80 heavy (non-hydrogen) atoms. The molecule has 2 heterocycles. The van der Waals surface area contributed by atoms with Gasteiger partial charge in [-0.3, -0.25) is 9.59 Å². The number of benzene rings is 1. The minimum atomic E-state index is -0.664. The van der Waals surface area contributed by atoms with E-state index >= 15 is 0 Å². The highest BCUT2D eigenvalue weighted by atomic mass is 32.7. The standard InChI is InChI=1S/C38H74N2O2.C29H50N2O2.H6P4.H3P/c1-3-5-7-9-11-13-15-17-19-21-23-25-27-31-37(41)36(35-40-33-29-30-34-40)39-38(42)32-28-26-24-22-20-18-16-14-12-10-8-6-4-2;1-2-3-4-5-6-7-8-9-10-11-12-13-17-22-28(32)30-27(25-31-23-18-19-24-31)29(33)26-20-15-14-16-21-26;1-4(2)3;/h27,31,36-37,41H,3-26,28-30,32-35H2,1-2H3,(H,39,42);14-16,20-21,27,29,33H,2-13,17-19,22-25H2,1H3,(H,30,32);1-3H2;1H3/b31-27+;;;/i;;;1D. The molecule has 0 spiro atoms. The van der Waals surface area contributed by atoms with Crippen LogP contribution in [0.5, 0.6) is 0 Å². The number of carbonyl (C=O) groups excluding carboxylic acids is 2. The fourth-order valence-electron chi connectivity index (χ4n) is 11.3. The van der Waals surface area contributed by atoms with Crippen LogP contribution in [0.25, 0.3) is 0 Å². The predicted molar refractivity (Wildman–Crippen MR) is 371 cm³/mol. The van der Waals surface area contributed by atoms with Crippen LogP contribution in [0.4, 0.5) is 0 Å². The summed E-state index contributed by atoms with van der Waals surface area (Å²) in [5, 5.41) is 28.2. The molecule has 0 radical (unpaired) electrons. The maximum atomic E-state index is 12.8. The topological polar surface area (TPSA) is 105 Å². The molecule has 470 valence electrons. The third-order valence-electron chi connectivity index (χ3n) is 16.3. The van der Waals surface area contributed by atoms with Crippen molar-refractivity contribution < 1.29 is 19.8 Å². The van der Waals surface area contributed by atoms with E-state index in [0.29, 0.717) is 12.8 Å². The van der Waals surface area contributed by atoms with Crippen molar-refractivity contribution in [1.29, 1.82) is 1.28 Å². The monoisotopic (exact) mass is 1210 g/mol. The van der Waals surface area contributed by atoms with Gasteiger partial charge in [-0.05, 0) is 90.1 Å². The summed E-state index contributed by atoms with van der Waals surface area (Å²) in [6, 6.07) is 9.28. The summed E-state index contributed by atoms with van der Waals surface area (Å²) in [6.07, 6.45) is 59.0. The molecule has 1 aromatic rings. The zero-order valence-electron chi connectivity index (χ0n) is 53.6. The van der Waals surface area contributed by atoms with Gasteiger partial charge in [-0.1, -0.05) is 282 Å². The number of likely N-dealkylation sites (tertiary alicyclic amines) is 2. The molecule has 4 N–H and O–H groups in total. The lowest BCUT2D eigenvalue weighted by Gasteiger charge is -2.28. The Balaban J connectivity index is 0.00000147. The van der Waals surface area contributed by atoms with E-state index in [-0.39, 0.29) is 30.9 Å². The second kappa shape index (κ2) is 60.6. The van der Waals surface area contributed by atoms with E-state index in [1.165, 1.54) is 238 Å². The van der Waals surface area contributed by atoms with Crippen LogP contribution in [-0.2, 0) is 9.59 Å². The molecule has 0 aliphatic carbocycles. The number of rotatable bonds is 50. The number of amides is 2. The van der Waals surface area contributed by atoms with E-state index in [4.69, 9.17) is 1.28 Å². The van der Waals surface area contributed by atoms with E-state index < -0.39 is 12.2 Å². The van der Waals surface area contributed by atoms with E-state index in [9.17, 15) is 19.8 Å². The molecule has 13 heteroatoms. The van der Waals surface area contributed by atoms with Crippen molar-refractivity contribution in [2.24, 2.45) is 0 Å². The van der Waals surface area contributed by atoms with Crippen LogP contribution in [0.3, 0.4) is 0 Å². The van der Waals surface area contributed by atoms with E-state index in [1.54, 1.807) is 9.84 Å². The third-order valence-corrected chi connectivity index (χ3v) is 16.3. The highest BCUT2D eigenvalue weighted by Gasteiger charge is 2.27. The summed E-state index contributed by atoms with van der Waals surface area (Å²) in [7, 11) is 9.61. The molecule has 2 aliphatic rings. The van der Waals surface area contributed by atoms with Crippen LogP contribution in [0.15, 0.2) is 42.5 Å². The number of aliphatic hydroxyl groups excluding tert-OH is 2. The molecule has 3 rings (SSSR count). The number of nitrogens with zero attached hydrogens (tertiary/aromatic N) is 2. The Morgan fingerprint density at radius 1 is 0.500 bits per heavy atom. The maximum Gasteiger partial charge on any atom is 0.220 e. The van der Waals surface area contributed by atoms with Gasteiger partial charge in [0.2, 0.25) is 11.8 Å². The Hall–Kier alpha value is -0.110. The quantitative estimate of drug-likeness (QED) is 0.0294.